The summed E-state index contributed by atoms with van der Waals surface area (Å²) in [5, 5.41) is 0. The van der Waals surface area contributed by atoms with Crippen LogP contribution in [-0.2, 0) is 19.0 Å². The first-order chi connectivity index (χ1) is 14.3. The molecule has 1 amide bonds. The normalized spacial score (nSPS) is 18.5. The molecule has 1 aromatic rings. The van der Waals surface area contributed by atoms with Crippen molar-refractivity contribution in [2.75, 3.05) is 32.9 Å². The minimum atomic E-state index is -1.04. The number of carbonyl (C=O) groups excluding carboxylic acids is 2. The molecule has 0 aliphatic carbocycles. The molecule has 2 rings (SSSR count). The number of esters is 1. The molecule has 1 saturated heterocycles. The summed E-state index contributed by atoms with van der Waals surface area (Å²) in [6, 6.07) is 6.61. The molecule has 30 heavy (non-hydrogen) atoms. The van der Waals surface area contributed by atoms with Crippen LogP contribution >= 0.6 is 0 Å². The Balaban J connectivity index is 1.82. The summed E-state index contributed by atoms with van der Waals surface area (Å²) in [6.45, 7) is 8.80. The Labute approximate surface area is 177 Å². The quantitative estimate of drug-likeness (QED) is 0.474. The molecule has 3 atom stereocenters. The maximum Gasteiger partial charge on any atom is 0.413 e. The summed E-state index contributed by atoms with van der Waals surface area (Å²) in [4.78, 5) is 25.8. The van der Waals surface area contributed by atoms with Crippen LogP contribution in [0.25, 0.3) is 0 Å². The molecule has 168 valence electrons. The average Bonchev–Trinajstić information content (AvgIpc) is 2.72. The lowest BCUT2D eigenvalue weighted by Gasteiger charge is -2.32. The summed E-state index contributed by atoms with van der Waals surface area (Å²) in [5.41, 5.74) is 5.75. The molecule has 2 N–H and O–H groups in total. The zero-order valence-electron chi connectivity index (χ0n) is 18.0. The van der Waals surface area contributed by atoms with E-state index in [4.69, 9.17) is 29.4 Å². The van der Waals surface area contributed by atoms with Crippen LogP contribution in [0, 0.1) is 5.92 Å². The molecule has 1 aliphatic heterocycles. The predicted molar refractivity (Wildman–Crippen MR) is 109 cm³/mol. The van der Waals surface area contributed by atoms with Crippen molar-refractivity contribution >= 4 is 12.1 Å². The predicted octanol–water partition coefficient (Wildman–Crippen LogP) is 2.17. The van der Waals surface area contributed by atoms with E-state index in [-0.39, 0.29) is 18.6 Å². The summed E-state index contributed by atoms with van der Waals surface area (Å²) in [6.07, 6.45) is -1.95. The maximum atomic E-state index is 12.4. The molecule has 0 spiro atoms. The Morgan fingerprint density at radius 3 is 2.47 bits per heavy atom. The number of nitrogens with zero attached hydrogens (tertiary/aromatic N) is 1. The number of benzene rings is 1. The van der Waals surface area contributed by atoms with Crippen molar-refractivity contribution in [3.8, 4) is 11.5 Å². The lowest BCUT2D eigenvalue weighted by molar-refractivity contribution is -0.169. The minimum absolute atomic E-state index is 0.0757. The van der Waals surface area contributed by atoms with Gasteiger partial charge in [0.05, 0.1) is 19.8 Å². The topological polar surface area (TPSA) is 110 Å². The van der Waals surface area contributed by atoms with Gasteiger partial charge in [0.15, 0.2) is 11.5 Å². The van der Waals surface area contributed by atoms with Gasteiger partial charge in [-0.1, -0.05) is 26.0 Å². The maximum absolute atomic E-state index is 12.4. The van der Waals surface area contributed by atoms with E-state index in [1.807, 2.05) is 45.0 Å². The van der Waals surface area contributed by atoms with Gasteiger partial charge in [0, 0.05) is 13.5 Å². The molecule has 3 unspecified atom stereocenters. The molecule has 1 aromatic carbocycles. The number of hydrogen-bond donors (Lipinski definition) is 1. The van der Waals surface area contributed by atoms with Crippen molar-refractivity contribution < 1.29 is 33.3 Å². The zero-order chi connectivity index (χ0) is 22.1. The number of ether oxygens (including phenoxy) is 5. The summed E-state index contributed by atoms with van der Waals surface area (Å²) in [7, 11) is 0. The largest absolute Gasteiger partial charge is 0.490 e. The minimum Gasteiger partial charge on any atom is -0.490 e. The molecule has 0 saturated carbocycles. The van der Waals surface area contributed by atoms with E-state index >= 15 is 0 Å². The second-order valence-electron chi connectivity index (χ2n) is 7.29. The van der Waals surface area contributed by atoms with E-state index in [0.717, 1.165) is 0 Å². The van der Waals surface area contributed by atoms with E-state index in [9.17, 15) is 9.59 Å². The molecular weight excluding hydrogens is 392 g/mol. The van der Waals surface area contributed by atoms with Crippen molar-refractivity contribution in [2.24, 2.45) is 11.7 Å². The van der Waals surface area contributed by atoms with E-state index < -0.39 is 24.4 Å². The fourth-order valence-electron chi connectivity index (χ4n) is 2.77. The highest BCUT2D eigenvalue weighted by atomic mass is 16.7. The Morgan fingerprint density at radius 2 is 1.83 bits per heavy atom. The highest BCUT2D eigenvalue weighted by molar-refractivity contribution is 5.76. The second-order valence-corrected chi connectivity index (χ2v) is 7.29. The van der Waals surface area contributed by atoms with Gasteiger partial charge in [-0.3, -0.25) is 4.79 Å². The molecule has 0 aromatic heterocycles. The van der Waals surface area contributed by atoms with Crippen molar-refractivity contribution in [3.63, 3.8) is 0 Å². The van der Waals surface area contributed by atoms with Gasteiger partial charge in [0.1, 0.15) is 18.8 Å². The van der Waals surface area contributed by atoms with Gasteiger partial charge in [-0.25, -0.2) is 4.79 Å². The van der Waals surface area contributed by atoms with Gasteiger partial charge in [0.2, 0.25) is 6.29 Å². The molecular formula is C21H32N2O7. The Bertz CT molecular complexity index is 698. The SMILES string of the molecule is CCOc1ccccc1OCC1CN(C(=O)OC(C)OC(=O)C(N)C(C)C)CCO1. The molecule has 9 nitrogen and oxygen atoms in total. The smallest absolute Gasteiger partial charge is 0.413 e. The van der Waals surface area contributed by atoms with Crippen LogP contribution in [0.5, 0.6) is 11.5 Å². The molecule has 1 heterocycles. The van der Waals surface area contributed by atoms with E-state index in [1.54, 1.807) is 0 Å². The summed E-state index contributed by atoms with van der Waals surface area (Å²) in [5.74, 6) is 0.590. The first kappa shape index (κ1) is 23.8. The summed E-state index contributed by atoms with van der Waals surface area (Å²) >= 11 is 0. The fraction of sp³-hybridized carbons (Fsp3) is 0.619. The molecule has 9 heteroatoms. The Hall–Kier alpha value is -2.52. The second kappa shape index (κ2) is 11.6. The van der Waals surface area contributed by atoms with Crippen LogP contribution in [0.2, 0.25) is 0 Å². The van der Waals surface area contributed by atoms with Crippen LogP contribution in [0.3, 0.4) is 0 Å². The number of para-hydroxylation sites is 2. The van der Waals surface area contributed by atoms with E-state index in [1.165, 1.54) is 11.8 Å². The third-order valence-electron chi connectivity index (χ3n) is 4.51. The van der Waals surface area contributed by atoms with Gasteiger partial charge in [-0.15, -0.1) is 0 Å². The van der Waals surface area contributed by atoms with Crippen molar-refractivity contribution in [2.45, 2.75) is 46.1 Å². The Kier molecular flexibility index (Phi) is 9.19. The number of hydrogen-bond acceptors (Lipinski definition) is 8. The number of amides is 1. The Morgan fingerprint density at radius 1 is 1.17 bits per heavy atom. The lowest BCUT2D eigenvalue weighted by atomic mass is 10.1. The molecule has 0 radical (unpaired) electrons. The van der Waals surface area contributed by atoms with Gasteiger partial charge < -0.3 is 34.3 Å². The van der Waals surface area contributed by atoms with Crippen LogP contribution in [0.15, 0.2) is 24.3 Å². The number of carbonyl (C=O) groups is 2. The van der Waals surface area contributed by atoms with E-state index in [0.29, 0.717) is 37.8 Å². The van der Waals surface area contributed by atoms with Crippen LogP contribution in [0.1, 0.15) is 27.7 Å². The first-order valence-corrected chi connectivity index (χ1v) is 10.2. The zero-order valence-corrected chi connectivity index (χ0v) is 18.0. The number of morpholine rings is 1. The highest BCUT2D eigenvalue weighted by Crippen LogP contribution is 2.26. The number of rotatable bonds is 9. The van der Waals surface area contributed by atoms with Crippen LogP contribution in [-0.4, -0.2) is 68.3 Å². The fourth-order valence-corrected chi connectivity index (χ4v) is 2.77. The van der Waals surface area contributed by atoms with Crippen molar-refractivity contribution in [1.29, 1.82) is 0 Å². The average molecular weight is 424 g/mol. The first-order valence-electron chi connectivity index (χ1n) is 10.2. The van der Waals surface area contributed by atoms with Gasteiger partial charge in [-0.05, 0) is 25.0 Å². The molecule has 1 fully saturated rings. The molecule has 0 bridgehead atoms. The number of nitrogens with two attached hydrogens (primary N) is 1. The van der Waals surface area contributed by atoms with Crippen molar-refractivity contribution in [3.05, 3.63) is 24.3 Å². The standard InChI is InChI=1S/C21H32N2O7/c1-5-26-17-8-6-7-9-18(17)28-13-16-12-23(10-11-27-16)21(25)30-15(4)29-20(24)19(22)14(2)3/h6-9,14-16,19H,5,10-13,22H2,1-4H3. The third kappa shape index (κ3) is 7.07. The van der Waals surface area contributed by atoms with Crippen molar-refractivity contribution in [1.82, 2.24) is 4.90 Å². The van der Waals surface area contributed by atoms with Gasteiger partial charge in [0.25, 0.3) is 0 Å². The third-order valence-corrected chi connectivity index (χ3v) is 4.51. The monoisotopic (exact) mass is 424 g/mol. The van der Waals surface area contributed by atoms with Gasteiger partial charge in [-0.2, -0.15) is 0 Å². The highest BCUT2D eigenvalue weighted by Gasteiger charge is 2.28. The van der Waals surface area contributed by atoms with E-state index in [2.05, 4.69) is 0 Å². The summed E-state index contributed by atoms with van der Waals surface area (Å²) < 4.78 is 27.4. The lowest BCUT2D eigenvalue weighted by Crippen LogP contribution is -2.48. The van der Waals surface area contributed by atoms with Gasteiger partial charge >= 0.3 is 12.1 Å². The molecule has 1 aliphatic rings. The van der Waals surface area contributed by atoms with Crippen LogP contribution < -0.4 is 15.2 Å². The van der Waals surface area contributed by atoms with Crippen LogP contribution in [0.4, 0.5) is 4.79 Å².